The van der Waals surface area contributed by atoms with Gasteiger partial charge in [0.1, 0.15) is 0 Å². The largest absolute Gasteiger partial charge is 0.310 e. The van der Waals surface area contributed by atoms with Crippen LogP contribution < -0.4 is 4.90 Å². The molecule has 1 unspecified atom stereocenters. The normalized spacial score (nSPS) is 16.4. The van der Waals surface area contributed by atoms with Crippen molar-refractivity contribution in [3.8, 4) is 22.3 Å². The number of nitrogens with zero attached hydrogens (tertiary/aromatic N) is 1. The zero-order chi connectivity index (χ0) is 42.4. The van der Waals surface area contributed by atoms with E-state index in [-0.39, 0.29) is 34.5 Å². The lowest BCUT2D eigenvalue weighted by molar-refractivity contribution is 0.779. The molecule has 9 aromatic carbocycles. The highest BCUT2D eigenvalue weighted by atomic mass is 32.1. The van der Waals surface area contributed by atoms with Crippen LogP contribution in [0, 0.1) is 0 Å². The Morgan fingerprint density at radius 2 is 1.09 bits per heavy atom. The number of hydrogen-bond acceptors (Lipinski definition) is 2. The highest BCUT2D eigenvalue weighted by Crippen LogP contribution is 2.59. The first kappa shape index (κ1) is 25.3. The van der Waals surface area contributed by atoms with Crippen LogP contribution in [0.15, 0.2) is 212 Å². The number of thiophene rings is 1. The highest BCUT2D eigenvalue weighted by Gasteiger charge is 2.47. The SMILES string of the molecule is [2H]c1c([2H])c([2H])c2c([2H])c(C3(c4cccc5c4sc4ccccc45)c4ccccc4-c4cc(N(c5ccccc5)c5ccc(-c6ccccc6)cc5)ccc43)c([2H])c([2H])c2c1[2H]. The van der Waals surface area contributed by atoms with Crippen molar-refractivity contribution >= 4 is 59.3 Å². The molecule has 0 N–H and O–H groups in total. The number of hydrogen-bond donors (Lipinski definition) is 0. The predicted octanol–water partition coefficient (Wildman–Crippen LogP) is 14.7. The topological polar surface area (TPSA) is 3.24 Å². The van der Waals surface area contributed by atoms with Gasteiger partial charge in [-0.3, -0.25) is 0 Å². The fourth-order valence-electron chi connectivity index (χ4n) is 8.57. The van der Waals surface area contributed by atoms with E-state index in [0.29, 0.717) is 0 Å². The molecule has 0 aliphatic heterocycles. The van der Waals surface area contributed by atoms with Crippen molar-refractivity contribution in [2.24, 2.45) is 0 Å². The monoisotopic (exact) mass is 724 g/mol. The maximum Gasteiger partial charge on any atom is 0.0727 e. The van der Waals surface area contributed by atoms with E-state index in [4.69, 9.17) is 5.48 Å². The molecule has 55 heavy (non-hydrogen) atoms. The molecule has 1 aliphatic carbocycles. The third kappa shape index (κ3) is 4.92. The van der Waals surface area contributed by atoms with Crippen molar-refractivity contribution < 1.29 is 9.60 Å². The lowest BCUT2D eigenvalue weighted by atomic mass is 9.67. The summed E-state index contributed by atoms with van der Waals surface area (Å²) in [6.45, 7) is 0. The van der Waals surface area contributed by atoms with E-state index in [2.05, 4.69) is 102 Å². The van der Waals surface area contributed by atoms with Gasteiger partial charge in [0, 0.05) is 37.2 Å². The summed E-state index contributed by atoms with van der Waals surface area (Å²) in [6, 6.07) is 55.4. The third-order valence-electron chi connectivity index (χ3n) is 11.0. The van der Waals surface area contributed by atoms with E-state index >= 15 is 0 Å². The molecular weight excluding hydrogens is 683 g/mol. The molecule has 1 atom stereocenters. The molecule has 1 heterocycles. The minimum atomic E-state index is -1.34. The zero-order valence-electron chi connectivity index (χ0n) is 36.5. The summed E-state index contributed by atoms with van der Waals surface area (Å²) in [7, 11) is 0. The first-order valence-corrected chi connectivity index (χ1v) is 19.2. The van der Waals surface area contributed by atoms with Crippen molar-refractivity contribution in [1.29, 1.82) is 0 Å². The Balaban J connectivity index is 1.24. The Bertz CT molecular complexity index is 3440. The Hall–Kier alpha value is -6.74. The molecule has 0 spiro atoms. The predicted molar refractivity (Wildman–Crippen MR) is 234 cm³/mol. The maximum absolute atomic E-state index is 10.1. The van der Waals surface area contributed by atoms with Crippen LogP contribution >= 0.6 is 11.3 Å². The average molecular weight is 725 g/mol. The van der Waals surface area contributed by atoms with Crippen LogP contribution in [0.1, 0.15) is 31.8 Å². The average Bonchev–Trinajstić information content (AvgIpc) is 3.84. The van der Waals surface area contributed by atoms with Crippen LogP contribution in [-0.2, 0) is 5.41 Å². The van der Waals surface area contributed by atoms with Gasteiger partial charge in [0.2, 0.25) is 0 Å². The first-order chi connectivity index (χ1) is 30.2. The molecule has 2 heteroatoms. The molecule has 258 valence electrons. The molecule has 0 saturated carbocycles. The molecular formula is C53H35NS. The van der Waals surface area contributed by atoms with Gasteiger partial charge < -0.3 is 4.90 Å². The number of benzene rings is 9. The van der Waals surface area contributed by atoms with E-state index in [0.717, 1.165) is 76.2 Å². The van der Waals surface area contributed by atoms with Crippen LogP contribution in [0.4, 0.5) is 17.1 Å². The van der Waals surface area contributed by atoms with E-state index in [9.17, 15) is 4.11 Å². The summed E-state index contributed by atoms with van der Waals surface area (Å²) in [5, 5.41) is 1.94. The quantitative estimate of drug-likeness (QED) is 0.165. The molecule has 0 bridgehead atoms. The van der Waals surface area contributed by atoms with E-state index in [1.165, 1.54) is 0 Å². The Morgan fingerprint density at radius 1 is 0.455 bits per heavy atom. The van der Waals surface area contributed by atoms with Gasteiger partial charge in [0.05, 0.1) is 15.0 Å². The standard InChI is InChI=1S/C53H35NS/c1-3-14-36(15-4-1)38-27-30-42(31-28-38)54(41-18-5-2-6-19-41)43-32-33-49-47(35-43)44-20-9-11-23-48(44)53(49,40-29-26-37-16-7-8-17-39(37)34-40)50-24-13-22-46-45-21-10-12-25-51(45)55-52(46)50/h1-35H/i7D,8D,16D,17D,26D,29D,34D. The molecule has 1 aliphatic rings. The Labute approximate surface area is 334 Å². The van der Waals surface area contributed by atoms with Gasteiger partial charge in [-0.15, -0.1) is 11.3 Å². The summed E-state index contributed by atoms with van der Waals surface area (Å²) < 4.78 is 66.6. The van der Waals surface area contributed by atoms with Gasteiger partial charge in [-0.25, -0.2) is 0 Å². The minimum Gasteiger partial charge on any atom is -0.310 e. The number of para-hydroxylation sites is 1. The third-order valence-corrected chi connectivity index (χ3v) is 12.2. The van der Waals surface area contributed by atoms with Crippen LogP contribution in [0.5, 0.6) is 0 Å². The lowest BCUT2D eigenvalue weighted by Gasteiger charge is -2.35. The summed E-state index contributed by atoms with van der Waals surface area (Å²) in [5.74, 6) is 0. The number of anilines is 3. The fourth-order valence-corrected chi connectivity index (χ4v) is 9.85. The summed E-state index contributed by atoms with van der Waals surface area (Å²) >= 11 is 1.65. The molecule has 0 saturated heterocycles. The minimum absolute atomic E-state index is 0.0633. The number of fused-ring (bicyclic) bond motifs is 7. The fraction of sp³-hybridized carbons (Fsp3) is 0.0189. The van der Waals surface area contributed by atoms with Crippen molar-refractivity contribution in [3.05, 3.63) is 234 Å². The van der Waals surface area contributed by atoms with Gasteiger partial charge in [-0.1, -0.05) is 164 Å². The molecule has 1 aromatic heterocycles. The molecule has 0 fully saturated rings. The molecule has 10 aromatic rings. The van der Waals surface area contributed by atoms with Gasteiger partial charge in [-0.2, -0.15) is 0 Å². The molecule has 0 radical (unpaired) electrons. The molecule has 11 rings (SSSR count). The highest BCUT2D eigenvalue weighted by molar-refractivity contribution is 7.26. The van der Waals surface area contributed by atoms with Crippen molar-refractivity contribution in [2.45, 2.75) is 5.41 Å². The summed E-state index contributed by atoms with van der Waals surface area (Å²) in [6.07, 6.45) is 0. The lowest BCUT2D eigenvalue weighted by Crippen LogP contribution is -2.28. The van der Waals surface area contributed by atoms with E-state index < -0.39 is 29.6 Å². The zero-order valence-corrected chi connectivity index (χ0v) is 30.3. The smallest absolute Gasteiger partial charge is 0.0727 e. The second-order valence-electron chi connectivity index (χ2n) is 13.9. The number of rotatable bonds is 6. The van der Waals surface area contributed by atoms with Crippen LogP contribution in [0.3, 0.4) is 0 Å². The Kier molecular flexibility index (Phi) is 5.84. The van der Waals surface area contributed by atoms with Gasteiger partial charge in [0.25, 0.3) is 0 Å². The first-order valence-electron chi connectivity index (χ1n) is 21.9. The second-order valence-corrected chi connectivity index (χ2v) is 14.9. The van der Waals surface area contributed by atoms with Crippen molar-refractivity contribution in [2.75, 3.05) is 4.90 Å². The van der Waals surface area contributed by atoms with Crippen LogP contribution in [0.25, 0.3) is 53.2 Å². The maximum atomic E-state index is 10.1. The second kappa shape index (κ2) is 12.7. The summed E-state index contributed by atoms with van der Waals surface area (Å²) in [4.78, 5) is 2.23. The van der Waals surface area contributed by atoms with E-state index in [1.807, 2.05) is 72.8 Å². The van der Waals surface area contributed by atoms with Crippen molar-refractivity contribution in [1.82, 2.24) is 0 Å². The Morgan fingerprint density at radius 3 is 1.95 bits per heavy atom. The van der Waals surface area contributed by atoms with Crippen molar-refractivity contribution in [3.63, 3.8) is 0 Å². The molecule has 0 amide bonds. The van der Waals surface area contributed by atoms with E-state index in [1.54, 1.807) is 11.3 Å². The van der Waals surface area contributed by atoms with Gasteiger partial charge >= 0.3 is 0 Å². The van der Waals surface area contributed by atoms with Crippen LogP contribution in [-0.4, -0.2) is 0 Å². The van der Waals surface area contributed by atoms with Gasteiger partial charge in [-0.05, 0) is 104 Å². The van der Waals surface area contributed by atoms with Gasteiger partial charge in [0.15, 0.2) is 0 Å². The molecule has 1 nitrogen and oxygen atoms in total. The van der Waals surface area contributed by atoms with Crippen LogP contribution in [0.2, 0.25) is 0 Å². The summed E-state index contributed by atoms with van der Waals surface area (Å²) in [5.41, 5.74) is 8.25.